The number of alkyl halides is 3. The number of aromatic amines is 2. The Morgan fingerprint density at radius 3 is 2.57 bits per heavy atom. The van der Waals surface area contributed by atoms with E-state index in [9.17, 15) is 18.0 Å². The molecule has 1 saturated heterocycles. The van der Waals surface area contributed by atoms with Crippen molar-refractivity contribution >= 4 is 34.3 Å². The SMILES string of the molecule is Cc1cc(NC(=O)Nc2cc(N3CCOCC3)cc(C(F)(F)F)c2)ccc1-c1nc2[nH]ncc2[nH]1. The van der Waals surface area contributed by atoms with Crippen LogP contribution < -0.4 is 15.5 Å². The highest BCUT2D eigenvalue weighted by Gasteiger charge is 2.32. The Balaban J connectivity index is 1.33. The van der Waals surface area contributed by atoms with Gasteiger partial charge < -0.3 is 25.3 Å². The van der Waals surface area contributed by atoms with E-state index in [1.54, 1.807) is 29.3 Å². The minimum Gasteiger partial charge on any atom is -0.378 e. The van der Waals surface area contributed by atoms with Crippen LogP contribution >= 0.6 is 0 Å². The van der Waals surface area contributed by atoms with Crippen LogP contribution in [0.15, 0.2) is 42.6 Å². The molecule has 1 aliphatic heterocycles. The maximum atomic E-state index is 13.5. The van der Waals surface area contributed by atoms with Crippen molar-refractivity contribution in [2.75, 3.05) is 41.8 Å². The molecule has 3 heterocycles. The summed E-state index contributed by atoms with van der Waals surface area (Å²) in [5.74, 6) is 0.654. The van der Waals surface area contributed by atoms with E-state index in [0.717, 1.165) is 28.8 Å². The first kappa shape index (κ1) is 22.7. The molecule has 35 heavy (non-hydrogen) atoms. The smallest absolute Gasteiger partial charge is 0.378 e. The predicted octanol–water partition coefficient (Wildman–Crippen LogP) is 4.76. The second-order valence-electron chi connectivity index (χ2n) is 8.19. The van der Waals surface area contributed by atoms with Gasteiger partial charge in [0.05, 0.1) is 25.0 Å². The molecule has 2 aromatic heterocycles. The third-order valence-electron chi connectivity index (χ3n) is 5.71. The lowest BCUT2D eigenvalue weighted by Crippen LogP contribution is -2.36. The first-order valence-electron chi connectivity index (χ1n) is 10.9. The summed E-state index contributed by atoms with van der Waals surface area (Å²) >= 11 is 0. The summed E-state index contributed by atoms with van der Waals surface area (Å²) in [7, 11) is 0. The van der Waals surface area contributed by atoms with Gasteiger partial charge in [-0.15, -0.1) is 0 Å². The summed E-state index contributed by atoms with van der Waals surface area (Å²) in [5, 5.41) is 11.9. The van der Waals surface area contributed by atoms with E-state index >= 15 is 0 Å². The van der Waals surface area contributed by atoms with Gasteiger partial charge in [-0.2, -0.15) is 18.3 Å². The van der Waals surface area contributed by atoms with Crippen molar-refractivity contribution in [3.8, 4) is 11.4 Å². The number of urea groups is 1. The van der Waals surface area contributed by atoms with Crippen LogP contribution in [-0.2, 0) is 10.9 Å². The number of anilines is 3. The number of aromatic nitrogens is 4. The van der Waals surface area contributed by atoms with E-state index in [0.29, 0.717) is 49.1 Å². The number of hydrogen-bond acceptors (Lipinski definition) is 5. The molecule has 4 N–H and O–H groups in total. The molecule has 182 valence electrons. The van der Waals surface area contributed by atoms with Gasteiger partial charge in [0.1, 0.15) is 11.3 Å². The predicted molar refractivity (Wildman–Crippen MR) is 126 cm³/mol. The molecule has 0 bridgehead atoms. The van der Waals surface area contributed by atoms with Crippen molar-refractivity contribution in [1.29, 1.82) is 0 Å². The minimum absolute atomic E-state index is 0.0476. The van der Waals surface area contributed by atoms with Gasteiger partial charge in [-0.1, -0.05) is 0 Å². The Bertz CT molecular complexity index is 1340. The zero-order valence-corrected chi connectivity index (χ0v) is 18.7. The molecule has 0 radical (unpaired) electrons. The number of aryl methyl sites for hydroxylation is 1. The Hall–Kier alpha value is -4.06. The fraction of sp³-hybridized carbons (Fsp3) is 0.261. The van der Waals surface area contributed by atoms with Gasteiger partial charge >= 0.3 is 12.2 Å². The van der Waals surface area contributed by atoms with E-state index in [2.05, 4.69) is 30.8 Å². The lowest BCUT2D eigenvalue weighted by Gasteiger charge is -2.29. The summed E-state index contributed by atoms with van der Waals surface area (Å²) in [6, 6.07) is 8.14. The molecule has 12 heteroatoms. The summed E-state index contributed by atoms with van der Waals surface area (Å²) in [6.45, 7) is 3.67. The summed E-state index contributed by atoms with van der Waals surface area (Å²) in [6.07, 6.45) is -2.91. The fourth-order valence-corrected chi connectivity index (χ4v) is 4.00. The number of carbonyl (C=O) groups is 1. The van der Waals surface area contributed by atoms with Gasteiger partial charge in [-0.25, -0.2) is 9.78 Å². The number of benzene rings is 2. The number of hydrogen-bond donors (Lipinski definition) is 4. The average molecular weight is 485 g/mol. The first-order chi connectivity index (χ1) is 16.8. The second-order valence-corrected chi connectivity index (χ2v) is 8.19. The number of fused-ring (bicyclic) bond motifs is 1. The molecule has 9 nitrogen and oxygen atoms in total. The zero-order chi connectivity index (χ0) is 24.6. The van der Waals surface area contributed by atoms with E-state index < -0.39 is 17.8 Å². The van der Waals surface area contributed by atoms with E-state index in [-0.39, 0.29) is 5.69 Å². The van der Waals surface area contributed by atoms with Crippen LogP contribution in [0, 0.1) is 6.92 Å². The normalized spacial score (nSPS) is 14.3. The minimum atomic E-state index is -4.55. The quantitative estimate of drug-likeness (QED) is 0.333. The number of nitrogens with zero attached hydrogens (tertiary/aromatic N) is 3. The van der Waals surface area contributed by atoms with Crippen molar-refractivity contribution in [1.82, 2.24) is 20.2 Å². The average Bonchev–Trinajstić information content (AvgIpc) is 3.41. The fourth-order valence-electron chi connectivity index (χ4n) is 4.00. The number of rotatable bonds is 4. The van der Waals surface area contributed by atoms with Crippen molar-refractivity contribution in [3.63, 3.8) is 0 Å². The largest absolute Gasteiger partial charge is 0.416 e. The Morgan fingerprint density at radius 1 is 1.09 bits per heavy atom. The van der Waals surface area contributed by atoms with Crippen molar-refractivity contribution in [3.05, 3.63) is 53.7 Å². The molecule has 0 unspecified atom stereocenters. The van der Waals surface area contributed by atoms with Gasteiger partial charge in [0.25, 0.3) is 0 Å². The highest BCUT2D eigenvalue weighted by molar-refractivity contribution is 6.00. The number of ether oxygens (including phenoxy) is 1. The van der Waals surface area contributed by atoms with Crippen LogP contribution in [0.5, 0.6) is 0 Å². The Kier molecular flexibility index (Phi) is 5.81. The van der Waals surface area contributed by atoms with Crippen molar-refractivity contribution < 1.29 is 22.7 Å². The number of amides is 2. The third-order valence-corrected chi connectivity index (χ3v) is 5.71. The monoisotopic (exact) mass is 485 g/mol. The summed E-state index contributed by atoms with van der Waals surface area (Å²) < 4.78 is 45.7. The van der Waals surface area contributed by atoms with Crippen LogP contribution in [0.1, 0.15) is 11.1 Å². The second kappa shape index (κ2) is 8.95. The number of nitrogens with one attached hydrogen (secondary N) is 4. The topological polar surface area (TPSA) is 111 Å². The van der Waals surface area contributed by atoms with E-state index in [4.69, 9.17) is 4.74 Å². The van der Waals surface area contributed by atoms with E-state index in [1.807, 2.05) is 6.92 Å². The molecule has 4 aromatic rings. The molecular formula is C23H22F3N7O2. The van der Waals surface area contributed by atoms with Gasteiger partial charge in [-0.05, 0) is 48.9 Å². The maximum Gasteiger partial charge on any atom is 0.416 e. The van der Waals surface area contributed by atoms with Crippen LogP contribution in [0.4, 0.5) is 35.0 Å². The zero-order valence-electron chi connectivity index (χ0n) is 18.7. The molecule has 2 aromatic carbocycles. The molecular weight excluding hydrogens is 463 g/mol. The summed E-state index contributed by atoms with van der Waals surface area (Å²) in [4.78, 5) is 22.0. The number of imidazole rings is 1. The standard InChI is InChI=1S/C23H22F3N7O2/c1-13-8-15(2-3-18(13)20-30-19-12-27-32-21(19)31-20)28-22(34)29-16-9-14(23(24,25)26)10-17(11-16)33-4-6-35-7-5-33/h2-3,8-12H,4-7H2,1H3,(H2,28,29,34)(H2,27,30,31,32). The molecule has 0 atom stereocenters. The third kappa shape index (κ3) is 4.92. The highest BCUT2D eigenvalue weighted by atomic mass is 19.4. The van der Waals surface area contributed by atoms with Crippen LogP contribution in [-0.4, -0.2) is 52.5 Å². The maximum absolute atomic E-state index is 13.5. The number of morpholine rings is 1. The number of H-pyrrole nitrogens is 2. The molecule has 5 rings (SSSR count). The van der Waals surface area contributed by atoms with Gasteiger partial charge in [0.2, 0.25) is 0 Å². The lowest BCUT2D eigenvalue weighted by molar-refractivity contribution is -0.137. The van der Waals surface area contributed by atoms with Crippen molar-refractivity contribution in [2.45, 2.75) is 13.1 Å². The van der Waals surface area contributed by atoms with E-state index in [1.165, 1.54) is 6.07 Å². The molecule has 0 spiro atoms. The highest BCUT2D eigenvalue weighted by Crippen LogP contribution is 2.35. The van der Waals surface area contributed by atoms with Crippen LogP contribution in [0.3, 0.4) is 0 Å². The molecule has 1 aliphatic rings. The van der Waals surface area contributed by atoms with Crippen LogP contribution in [0.2, 0.25) is 0 Å². The Labute approximate surface area is 197 Å². The molecule has 0 aliphatic carbocycles. The molecule has 1 fully saturated rings. The molecule has 2 amide bonds. The molecule has 0 saturated carbocycles. The first-order valence-corrected chi connectivity index (χ1v) is 10.9. The Morgan fingerprint density at radius 2 is 1.86 bits per heavy atom. The van der Waals surface area contributed by atoms with Gasteiger partial charge in [0.15, 0.2) is 5.65 Å². The van der Waals surface area contributed by atoms with Gasteiger partial charge in [0, 0.05) is 35.7 Å². The van der Waals surface area contributed by atoms with Gasteiger partial charge in [-0.3, -0.25) is 5.10 Å². The van der Waals surface area contributed by atoms with Crippen LogP contribution in [0.25, 0.3) is 22.6 Å². The number of halogens is 3. The lowest BCUT2D eigenvalue weighted by atomic mass is 10.1. The van der Waals surface area contributed by atoms with Crippen molar-refractivity contribution in [2.24, 2.45) is 0 Å². The number of carbonyl (C=O) groups excluding carboxylic acids is 1. The summed E-state index contributed by atoms with van der Waals surface area (Å²) in [5.41, 5.74) is 3.19.